The lowest BCUT2D eigenvalue weighted by molar-refractivity contribution is 0.482. The maximum absolute atomic E-state index is 6.07. The van der Waals surface area contributed by atoms with Gasteiger partial charge >= 0.3 is 0 Å². The Bertz CT molecular complexity index is 2430. The Morgan fingerprint density at radius 1 is 0.375 bits per heavy atom. The van der Waals surface area contributed by atoms with Gasteiger partial charge in [-0.15, -0.1) is 0 Å². The van der Waals surface area contributed by atoms with Crippen molar-refractivity contribution < 1.29 is 9.47 Å². The van der Waals surface area contributed by atoms with E-state index in [1.54, 1.807) is 0 Å². The van der Waals surface area contributed by atoms with Crippen molar-refractivity contribution in [3.05, 3.63) is 223 Å². The lowest BCUT2D eigenvalue weighted by atomic mass is 9.85. The molecule has 274 valence electrons. The predicted molar refractivity (Wildman–Crippen MR) is 231 cm³/mol. The standard InChI is InChI=1S/C51H43N3O2/c52-42-20-30-48(31-21-42)55-47-28-11-37(12-29-47)13-36-51(40-7-3-1-4-8-40)41-16-14-38(15-17-41)39-18-24-45(25-19-39)54(44-9-5-2-6-10-44)46-26-34-50(35-27-46)56-49-32-22-43(53)23-33-49/h1-12,14-35,51H,13,36,52-53H2. The van der Waals surface area contributed by atoms with Crippen molar-refractivity contribution in [3.8, 4) is 34.1 Å². The summed E-state index contributed by atoms with van der Waals surface area (Å²) in [6, 6.07) is 70.5. The maximum Gasteiger partial charge on any atom is 0.127 e. The third-order valence-corrected chi connectivity index (χ3v) is 9.96. The normalized spacial score (nSPS) is 11.4. The molecule has 0 amide bonds. The van der Waals surface area contributed by atoms with Crippen molar-refractivity contribution in [2.45, 2.75) is 18.8 Å². The summed E-state index contributed by atoms with van der Waals surface area (Å²) in [6.07, 6.45) is 1.93. The smallest absolute Gasteiger partial charge is 0.127 e. The molecule has 0 heterocycles. The second-order valence-electron chi connectivity index (χ2n) is 13.8. The lowest BCUT2D eigenvalue weighted by Crippen LogP contribution is -2.09. The average molecular weight is 730 g/mol. The molecule has 8 aromatic rings. The number of nitrogens with zero attached hydrogens (tertiary/aromatic N) is 1. The molecule has 0 aromatic heterocycles. The van der Waals surface area contributed by atoms with E-state index >= 15 is 0 Å². The molecule has 8 aromatic carbocycles. The number of nitrogens with two attached hydrogens (primary N) is 2. The molecular formula is C51H43N3O2. The molecule has 0 aliphatic carbocycles. The molecule has 56 heavy (non-hydrogen) atoms. The van der Waals surface area contributed by atoms with Gasteiger partial charge in [0.05, 0.1) is 0 Å². The van der Waals surface area contributed by atoms with E-state index in [1.807, 2.05) is 78.9 Å². The third-order valence-electron chi connectivity index (χ3n) is 9.96. The van der Waals surface area contributed by atoms with Crippen molar-refractivity contribution in [1.82, 2.24) is 0 Å². The Balaban J connectivity index is 0.976. The molecule has 0 aliphatic rings. The number of aryl methyl sites for hydroxylation is 1. The number of hydrogen-bond acceptors (Lipinski definition) is 5. The molecule has 0 fully saturated rings. The van der Waals surface area contributed by atoms with Gasteiger partial charge in [0.1, 0.15) is 23.0 Å². The van der Waals surface area contributed by atoms with Crippen molar-refractivity contribution in [3.63, 3.8) is 0 Å². The van der Waals surface area contributed by atoms with E-state index < -0.39 is 0 Å². The van der Waals surface area contributed by atoms with Crippen LogP contribution >= 0.6 is 0 Å². The molecule has 4 N–H and O–H groups in total. The second-order valence-corrected chi connectivity index (χ2v) is 13.8. The Kier molecular flexibility index (Phi) is 10.8. The molecule has 0 spiro atoms. The van der Waals surface area contributed by atoms with Gasteiger partial charge in [0.15, 0.2) is 0 Å². The molecule has 1 unspecified atom stereocenters. The van der Waals surface area contributed by atoms with Gasteiger partial charge in [-0.2, -0.15) is 0 Å². The van der Waals surface area contributed by atoms with Crippen LogP contribution in [0.4, 0.5) is 28.4 Å². The molecule has 0 aliphatic heterocycles. The monoisotopic (exact) mass is 729 g/mol. The first-order valence-corrected chi connectivity index (χ1v) is 18.9. The number of rotatable bonds is 13. The highest BCUT2D eigenvalue weighted by molar-refractivity contribution is 5.78. The molecule has 8 rings (SSSR count). The van der Waals surface area contributed by atoms with Gasteiger partial charge in [-0.1, -0.05) is 97.1 Å². The van der Waals surface area contributed by atoms with E-state index in [1.165, 1.54) is 22.3 Å². The molecule has 5 nitrogen and oxygen atoms in total. The van der Waals surface area contributed by atoms with E-state index in [2.05, 4.69) is 132 Å². The SMILES string of the molecule is Nc1ccc(Oc2ccc(CCC(c3ccccc3)c3ccc(-c4ccc(N(c5ccccc5)c5ccc(Oc6ccc(N)cc6)cc5)cc4)cc3)cc2)cc1. The first kappa shape index (κ1) is 35.8. The summed E-state index contributed by atoms with van der Waals surface area (Å²) in [5.41, 5.74) is 22.5. The number of anilines is 5. The van der Waals surface area contributed by atoms with E-state index in [-0.39, 0.29) is 5.92 Å². The van der Waals surface area contributed by atoms with Gasteiger partial charge in [-0.3, -0.25) is 0 Å². The van der Waals surface area contributed by atoms with Gasteiger partial charge in [0.25, 0.3) is 0 Å². The van der Waals surface area contributed by atoms with Gasteiger partial charge in [0.2, 0.25) is 0 Å². The number of hydrogen-bond donors (Lipinski definition) is 2. The fraction of sp³-hybridized carbons (Fsp3) is 0.0588. The van der Waals surface area contributed by atoms with Crippen molar-refractivity contribution in [2.75, 3.05) is 16.4 Å². The fourth-order valence-electron chi connectivity index (χ4n) is 6.99. The van der Waals surface area contributed by atoms with Crippen LogP contribution in [0.2, 0.25) is 0 Å². The lowest BCUT2D eigenvalue weighted by Gasteiger charge is -2.26. The quantitative estimate of drug-likeness (QED) is 0.116. The summed E-state index contributed by atoms with van der Waals surface area (Å²) >= 11 is 0. The zero-order valence-corrected chi connectivity index (χ0v) is 31.0. The minimum Gasteiger partial charge on any atom is -0.457 e. The Morgan fingerprint density at radius 2 is 0.750 bits per heavy atom. The van der Waals surface area contributed by atoms with Crippen LogP contribution in [-0.4, -0.2) is 0 Å². The van der Waals surface area contributed by atoms with Crippen molar-refractivity contribution in [2.24, 2.45) is 0 Å². The topological polar surface area (TPSA) is 73.7 Å². The van der Waals surface area contributed by atoms with Crippen LogP contribution in [0.1, 0.15) is 29.0 Å². The van der Waals surface area contributed by atoms with E-state index in [4.69, 9.17) is 20.9 Å². The molecular weight excluding hydrogens is 687 g/mol. The van der Waals surface area contributed by atoms with Crippen LogP contribution in [0.25, 0.3) is 11.1 Å². The summed E-state index contributed by atoms with van der Waals surface area (Å²) in [5.74, 6) is 3.35. The van der Waals surface area contributed by atoms with Crippen LogP contribution < -0.4 is 25.8 Å². The fourth-order valence-corrected chi connectivity index (χ4v) is 6.99. The van der Waals surface area contributed by atoms with Crippen LogP contribution in [0.5, 0.6) is 23.0 Å². The third kappa shape index (κ3) is 8.75. The van der Waals surface area contributed by atoms with Crippen molar-refractivity contribution in [1.29, 1.82) is 0 Å². The second kappa shape index (κ2) is 16.8. The zero-order valence-electron chi connectivity index (χ0n) is 31.0. The first-order valence-electron chi connectivity index (χ1n) is 18.9. The molecule has 5 heteroatoms. The van der Waals surface area contributed by atoms with Gasteiger partial charge in [-0.05, 0) is 150 Å². The Labute approximate surface area is 329 Å². The average Bonchev–Trinajstić information content (AvgIpc) is 3.25. The van der Waals surface area contributed by atoms with Crippen LogP contribution in [0, 0.1) is 0 Å². The van der Waals surface area contributed by atoms with Gasteiger partial charge in [-0.25, -0.2) is 0 Å². The number of ether oxygens (including phenoxy) is 2. The highest BCUT2D eigenvalue weighted by atomic mass is 16.5. The highest BCUT2D eigenvalue weighted by Crippen LogP contribution is 2.38. The molecule has 0 saturated heterocycles. The summed E-state index contributed by atoms with van der Waals surface area (Å²) < 4.78 is 12.1. The van der Waals surface area contributed by atoms with Crippen LogP contribution in [0.15, 0.2) is 206 Å². The number of benzene rings is 8. The van der Waals surface area contributed by atoms with Crippen LogP contribution in [0.3, 0.4) is 0 Å². The van der Waals surface area contributed by atoms with Crippen LogP contribution in [-0.2, 0) is 6.42 Å². The maximum atomic E-state index is 6.07. The van der Waals surface area contributed by atoms with Crippen molar-refractivity contribution >= 4 is 28.4 Å². The Morgan fingerprint density at radius 3 is 1.25 bits per heavy atom. The summed E-state index contributed by atoms with van der Waals surface area (Å²) in [7, 11) is 0. The molecule has 0 radical (unpaired) electrons. The molecule has 0 saturated carbocycles. The number of nitrogen functional groups attached to an aromatic ring is 2. The molecule has 1 atom stereocenters. The molecule has 0 bridgehead atoms. The zero-order chi connectivity index (χ0) is 38.1. The van der Waals surface area contributed by atoms with Gasteiger partial charge in [0, 0.05) is 34.4 Å². The van der Waals surface area contributed by atoms with Gasteiger partial charge < -0.3 is 25.8 Å². The largest absolute Gasteiger partial charge is 0.457 e. The minimum atomic E-state index is 0.265. The Hall–Kier alpha value is -7.24. The summed E-state index contributed by atoms with van der Waals surface area (Å²) in [4.78, 5) is 2.25. The summed E-state index contributed by atoms with van der Waals surface area (Å²) in [5, 5.41) is 0. The first-order chi connectivity index (χ1) is 27.5. The van der Waals surface area contributed by atoms with E-state index in [0.29, 0.717) is 5.69 Å². The number of para-hydroxylation sites is 1. The minimum absolute atomic E-state index is 0.265. The summed E-state index contributed by atoms with van der Waals surface area (Å²) in [6.45, 7) is 0. The highest BCUT2D eigenvalue weighted by Gasteiger charge is 2.16. The van der Waals surface area contributed by atoms with E-state index in [0.717, 1.165) is 64.2 Å². The predicted octanol–water partition coefficient (Wildman–Crippen LogP) is 13.3. The van der Waals surface area contributed by atoms with E-state index in [9.17, 15) is 0 Å².